The van der Waals surface area contributed by atoms with Gasteiger partial charge in [-0.1, -0.05) is 176 Å². The zero-order valence-electron chi connectivity index (χ0n) is 26.0. The number of rotatable bonds is 7. The number of hydrogen-bond donors (Lipinski definition) is 0. The van der Waals surface area contributed by atoms with Gasteiger partial charge in [-0.25, -0.2) is 0 Å². The maximum atomic E-state index is 2.41. The molecule has 47 heavy (non-hydrogen) atoms. The summed E-state index contributed by atoms with van der Waals surface area (Å²) in [6.07, 6.45) is 0. The second-order valence-corrected chi connectivity index (χ2v) is 11.7. The van der Waals surface area contributed by atoms with Crippen LogP contribution in [0.4, 0.5) is 17.1 Å². The molecule has 0 aliphatic rings. The largest absolute Gasteiger partial charge is 0.309 e. The molecule has 1 nitrogen and oxygen atoms in total. The van der Waals surface area contributed by atoms with E-state index in [-0.39, 0.29) is 0 Å². The molecule has 0 saturated carbocycles. The molecule has 1 heteroatoms. The third kappa shape index (κ3) is 5.49. The highest BCUT2D eigenvalue weighted by Gasteiger charge is 2.21. The molecule has 8 aromatic carbocycles. The summed E-state index contributed by atoms with van der Waals surface area (Å²) in [5, 5.41) is 2.43. The average Bonchev–Trinajstić information content (AvgIpc) is 3.16. The van der Waals surface area contributed by atoms with E-state index in [0.717, 1.165) is 17.1 Å². The van der Waals surface area contributed by atoms with E-state index in [9.17, 15) is 0 Å². The Balaban J connectivity index is 1.29. The topological polar surface area (TPSA) is 3.24 Å². The molecule has 222 valence electrons. The van der Waals surface area contributed by atoms with Gasteiger partial charge in [0.2, 0.25) is 0 Å². The van der Waals surface area contributed by atoms with Crippen molar-refractivity contribution in [1.82, 2.24) is 0 Å². The SMILES string of the molecule is c1ccc(-c2ccc(-c3ccccc3-c3ccccc3-c3ccccc3N(c3ccccc3)c3cccc4ccccc34)cc2)cc1. The number of para-hydroxylation sites is 2. The first-order valence-corrected chi connectivity index (χ1v) is 16.1. The monoisotopic (exact) mass is 599 g/mol. The molecule has 0 aliphatic heterocycles. The number of benzene rings is 8. The van der Waals surface area contributed by atoms with Crippen LogP contribution in [0.25, 0.3) is 55.3 Å². The lowest BCUT2D eigenvalue weighted by Gasteiger charge is -2.29. The summed E-state index contributed by atoms with van der Waals surface area (Å²) in [6, 6.07) is 71.8. The van der Waals surface area contributed by atoms with Crippen LogP contribution >= 0.6 is 0 Å². The van der Waals surface area contributed by atoms with Gasteiger partial charge in [-0.2, -0.15) is 0 Å². The van der Waals surface area contributed by atoms with Crippen molar-refractivity contribution in [2.75, 3.05) is 4.90 Å². The Morgan fingerprint density at radius 1 is 0.255 bits per heavy atom. The van der Waals surface area contributed by atoms with Crippen LogP contribution < -0.4 is 4.90 Å². The first-order valence-electron chi connectivity index (χ1n) is 16.1. The fourth-order valence-electron chi connectivity index (χ4n) is 6.68. The van der Waals surface area contributed by atoms with Crippen LogP contribution in [-0.2, 0) is 0 Å². The Morgan fingerprint density at radius 2 is 0.702 bits per heavy atom. The van der Waals surface area contributed by atoms with Crippen molar-refractivity contribution in [3.8, 4) is 44.5 Å². The molecule has 0 unspecified atom stereocenters. The highest BCUT2D eigenvalue weighted by atomic mass is 15.1. The van der Waals surface area contributed by atoms with Crippen molar-refractivity contribution in [2.45, 2.75) is 0 Å². The molecular weight excluding hydrogens is 567 g/mol. The van der Waals surface area contributed by atoms with Gasteiger partial charge in [-0.15, -0.1) is 0 Å². The van der Waals surface area contributed by atoms with Gasteiger partial charge < -0.3 is 4.90 Å². The van der Waals surface area contributed by atoms with Crippen molar-refractivity contribution in [2.24, 2.45) is 0 Å². The Morgan fingerprint density at radius 3 is 1.43 bits per heavy atom. The highest BCUT2D eigenvalue weighted by Crippen LogP contribution is 2.46. The predicted molar refractivity (Wildman–Crippen MR) is 200 cm³/mol. The molecule has 0 amide bonds. The maximum Gasteiger partial charge on any atom is 0.0540 e. The van der Waals surface area contributed by atoms with Gasteiger partial charge in [0, 0.05) is 16.6 Å². The molecule has 0 N–H and O–H groups in total. The van der Waals surface area contributed by atoms with Crippen molar-refractivity contribution >= 4 is 27.8 Å². The Kier molecular flexibility index (Phi) is 7.63. The third-order valence-electron chi connectivity index (χ3n) is 8.90. The van der Waals surface area contributed by atoms with E-state index in [2.05, 4.69) is 205 Å². The number of fused-ring (bicyclic) bond motifs is 1. The molecule has 0 saturated heterocycles. The second kappa shape index (κ2) is 12.7. The molecule has 0 radical (unpaired) electrons. The van der Waals surface area contributed by atoms with E-state index in [1.54, 1.807) is 0 Å². The fourth-order valence-corrected chi connectivity index (χ4v) is 6.68. The summed E-state index contributed by atoms with van der Waals surface area (Å²) in [5.74, 6) is 0. The van der Waals surface area contributed by atoms with Crippen LogP contribution in [-0.4, -0.2) is 0 Å². The fraction of sp³-hybridized carbons (Fsp3) is 0. The molecule has 8 aromatic rings. The lowest BCUT2D eigenvalue weighted by Crippen LogP contribution is -2.11. The molecule has 8 rings (SSSR count). The van der Waals surface area contributed by atoms with Crippen LogP contribution in [0.3, 0.4) is 0 Å². The molecule has 0 aliphatic carbocycles. The van der Waals surface area contributed by atoms with E-state index >= 15 is 0 Å². The minimum atomic E-state index is 1.12. The van der Waals surface area contributed by atoms with Crippen molar-refractivity contribution in [1.29, 1.82) is 0 Å². The smallest absolute Gasteiger partial charge is 0.0540 e. The van der Waals surface area contributed by atoms with Crippen molar-refractivity contribution in [3.63, 3.8) is 0 Å². The minimum Gasteiger partial charge on any atom is -0.309 e. The van der Waals surface area contributed by atoms with Gasteiger partial charge in [0.25, 0.3) is 0 Å². The van der Waals surface area contributed by atoms with Gasteiger partial charge in [-0.05, 0) is 68.6 Å². The summed E-state index contributed by atoms with van der Waals surface area (Å²) in [7, 11) is 0. The van der Waals surface area contributed by atoms with E-state index in [4.69, 9.17) is 0 Å². The number of hydrogen-bond acceptors (Lipinski definition) is 1. The van der Waals surface area contributed by atoms with Crippen molar-refractivity contribution < 1.29 is 0 Å². The number of nitrogens with zero attached hydrogens (tertiary/aromatic N) is 1. The van der Waals surface area contributed by atoms with Gasteiger partial charge in [0.1, 0.15) is 0 Å². The Hall–Kier alpha value is -6.18. The summed E-state index contributed by atoms with van der Waals surface area (Å²) < 4.78 is 0. The Labute approximate surface area is 276 Å². The quantitative estimate of drug-likeness (QED) is 0.176. The molecular formula is C46H33N. The van der Waals surface area contributed by atoms with Crippen LogP contribution in [0.15, 0.2) is 200 Å². The van der Waals surface area contributed by atoms with E-state index in [1.165, 1.54) is 55.3 Å². The summed E-state index contributed by atoms with van der Waals surface area (Å²) >= 11 is 0. The average molecular weight is 600 g/mol. The van der Waals surface area contributed by atoms with E-state index in [1.807, 2.05) is 0 Å². The summed E-state index contributed by atoms with van der Waals surface area (Å²) in [4.78, 5) is 2.41. The van der Waals surface area contributed by atoms with Crippen LogP contribution in [0.1, 0.15) is 0 Å². The van der Waals surface area contributed by atoms with E-state index in [0.29, 0.717) is 0 Å². The van der Waals surface area contributed by atoms with Crippen LogP contribution in [0.5, 0.6) is 0 Å². The van der Waals surface area contributed by atoms with Gasteiger partial charge >= 0.3 is 0 Å². The zero-order chi connectivity index (χ0) is 31.4. The lowest BCUT2D eigenvalue weighted by molar-refractivity contribution is 1.30. The first-order chi connectivity index (χ1) is 23.3. The van der Waals surface area contributed by atoms with Gasteiger partial charge in [0.05, 0.1) is 11.4 Å². The molecule has 0 atom stereocenters. The molecule has 0 bridgehead atoms. The standard InChI is InChI=1S/C46H33N/c1-3-16-34(17-4-1)35-30-32-37(33-31-35)39-22-9-10-24-41(39)42-25-11-12-26-43(42)44-27-13-14-28-46(44)47(38-20-5-2-6-21-38)45-29-15-19-36-18-7-8-23-40(36)45/h1-33H. The summed E-state index contributed by atoms with van der Waals surface area (Å²) in [6.45, 7) is 0. The van der Waals surface area contributed by atoms with Gasteiger partial charge in [-0.3, -0.25) is 0 Å². The van der Waals surface area contributed by atoms with Crippen molar-refractivity contribution in [3.05, 3.63) is 200 Å². The molecule has 0 fully saturated rings. The van der Waals surface area contributed by atoms with Gasteiger partial charge in [0.15, 0.2) is 0 Å². The summed E-state index contributed by atoms with van der Waals surface area (Å²) in [5.41, 5.74) is 13.0. The molecule has 0 aromatic heterocycles. The molecule has 0 spiro atoms. The zero-order valence-corrected chi connectivity index (χ0v) is 26.0. The normalized spacial score (nSPS) is 11.0. The van der Waals surface area contributed by atoms with Crippen LogP contribution in [0.2, 0.25) is 0 Å². The minimum absolute atomic E-state index is 1.12. The lowest BCUT2D eigenvalue weighted by atomic mass is 9.88. The maximum absolute atomic E-state index is 2.41. The third-order valence-corrected chi connectivity index (χ3v) is 8.90. The molecule has 0 heterocycles. The highest BCUT2D eigenvalue weighted by molar-refractivity contribution is 6.02. The predicted octanol–water partition coefficient (Wildman–Crippen LogP) is 13.0. The van der Waals surface area contributed by atoms with E-state index < -0.39 is 0 Å². The van der Waals surface area contributed by atoms with Crippen LogP contribution in [0, 0.1) is 0 Å². The Bertz CT molecular complexity index is 2280. The first kappa shape index (κ1) is 28.3. The second-order valence-electron chi connectivity index (χ2n) is 11.7. The number of anilines is 3.